The van der Waals surface area contributed by atoms with Gasteiger partial charge in [-0.05, 0) is 6.07 Å². The molecule has 1 aromatic rings. The minimum Gasteiger partial charge on any atom is -0.487 e. The van der Waals surface area contributed by atoms with Gasteiger partial charge in [0.25, 0.3) is 0 Å². The van der Waals surface area contributed by atoms with E-state index in [1.807, 2.05) is 0 Å². The number of nitrogens with zero attached hydrogens (tertiary/aromatic N) is 1. The van der Waals surface area contributed by atoms with Gasteiger partial charge in [-0.25, -0.2) is 0 Å². The van der Waals surface area contributed by atoms with Crippen LogP contribution < -0.4 is 4.74 Å². The van der Waals surface area contributed by atoms with Crippen molar-refractivity contribution < 1.29 is 18.8 Å². The Labute approximate surface area is 108 Å². The van der Waals surface area contributed by atoms with Crippen molar-refractivity contribution in [1.29, 1.82) is 0 Å². The maximum atomic E-state index is 13.3. The van der Waals surface area contributed by atoms with E-state index < -0.39 is 16.4 Å². The Morgan fingerprint density at radius 3 is 2.78 bits per heavy atom. The second-order valence-corrected chi connectivity index (χ2v) is 4.54. The molecule has 0 radical (unpaired) electrons. The Morgan fingerprint density at radius 2 is 2.28 bits per heavy atom. The number of benzene rings is 1. The summed E-state index contributed by atoms with van der Waals surface area (Å²) in [5.74, 6) is -0.693. The summed E-state index contributed by atoms with van der Waals surface area (Å²) in [6.45, 7) is 0. The summed E-state index contributed by atoms with van der Waals surface area (Å²) in [6, 6.07) is 3.42. The highest BCUT2D eigenvalue weighted by atomic mass is 35.5. The first-order valence-corrected chi connectivity index (χ1v) is 5.74. The molecule has 7 heteroatoms. The molecule has 5 nitrogen and oxygen atoms in total. The van der Waals surface area contributed by atoms with Gasteiger partial charge in [-0.2, -0.15) is 4.39 Å². The lowest BCUT2D eigenvalue weighted by atomic mass is 9.91. The van der Waals surface area contributed by atoms with E-state index >= 15 is 0 Å². The molecule has 0 N–H and O–H groups in total. The van der Waals surface area contributed by atoms with E-state index in [4.69, 9.17) is 21.1 Å². The molecule has 0 aromatic heterocycles. The van der Waals surface area contributed by atoms with Crippen LogP contribution in [0, 0.1) is 15.9 Å². The molecule has 1 aromatic carbocycles. The molecular formula is C11H11ClFNO4. The average molecular weight is 276 g/mol. The summed E-state index contributed by atoms with van der Waals surface area (Å²) >= 11 is 5.91. The second kappa shape index (κ2) is 5.07. The molecule has 1 aliphatic carbocycles. The molecular weight excluding hydrogens is 265 g/mol. The van der Waals surface area contributed by atoms with Crippen molar-refractivity contribution >= 4 is 17.3 Å². The number of alkyl halides is 1. The quantitative estimate of drug-likeness (QED) is 0.481. The zero-order valence-electron chi connectivity index (χ0n) is 9.51. The molecule has 1 fully saturated rings. The van der Waals surface area contributed by atoms with Gasteiger partial charge in [-0.1, -0.05) is 0 Å². The predicted molar refractivity (Wildman–Crippen MR) is 62.5 cm³/mol. The van der Waals surface area contributed by atoms with E-state index in [1.165, 1.54) is 13.2 Å². The zero-order valence-corrected chi connectivity index (χ0v) is 10.3. The van der Waals surface area contributed by atoms with Crippen LogP contribution in [0.15, 0.2) is 18.2 Å². The largest absolute Gasteiger partial charge is 0.487 e. The SMILES string of the molecule is COC1C(Cl)CC1Oc1ccc([N+](=O)[O-])c(F)c1. The zero-order chi connectivity index (χ0) is 13.3. The van der Waals surface area contributed by atoms with Crippen molar-refractivity contribution in [1.82, 2.24) is 0 Å². The van der Waals surface area contributed by atoms with Gasteiger partial charge in [0.2, 0.25) is 5.82 Å². The summed E-state index contributed by atoms with van der Waals surface area (Å²) in [5.41, 5.74) is -0.575. The normalized spacial score (nSPS) is 26.5. The average Bonchev–Trinajstić information content (AvgIpc) is 2.28. The molecule has 2 rings (SSSR count). The number of hydrogen-bond acceptors (Lipinski definition) is 4. The van der Waals surface area contributed by atoms with Gasteiger partial charge in [0.15, 0.2) is 0 Å². The molecule has 0 saturated heterocycles. The molecule has 0 amide bonds. The van der Waals surface area contributed by atoms with E-state index in [-0.39, 0.29) is 23.3 Å². The van der Waals surface area contributed by atoms with Crippen LogP contribution in [0.25, 0.3) is 0 Å². The van der Waals surface area contributed by atoms with Gasteiger partial charge in [0, 0.05) is 25.7 Å². The molecule has 0 heterocycles. The fourth-order valence-corrected chi connectivity index (χ4v) is 2.27. The highest BCUT2D eigenvalue weighted by molar-refractivity contribution is 6.21. The van der Waals surface area contributed by atoms with Crippen molar-refractivity contribution in [3.8, 4) is 5.75 Å². The van der Waals surface area contributed by atoms with Crippen LogP contribution in [0.3, 0.4) is 0 Å². The molecule has 1 aliphatic rings. The highest BCUT2D eigenvalue weighted by Crippen LogP contribution is 2.33. The summed E-state index contributed by atoms with van der Waals surface area (Å²) in [6.07, 6.45) is 0.0989. The van der Waals surface area contributed by atoms with Crippen molar-refractivity contribution in [2.75, 3.05) is 7.11 Å². The predicted octanol–water partition coefficient (Wildman–Crippen LogP) is 2.51. The Balaban J connectivity index is 2.07. The molecule has 0 aliphatic heterocycles. The minimum absolute atomic E-state index is 0.122. The third-order valence-electron chi connectivity index (χ3n) is 2.86. The third-order valence-corrected chi connectivity index (χ3v) is 3.28. The van der Waals surface area contributed by atoms with Crippen molar-refractivity contribution in [2.45, 2.75) is 24.0 Å². The van der Waals surface area contributed by atoms with Crippen LogP contribution in [-0.2, 0) is 4.74 Å². The standard InChI is InChI=1S/C11H11ClFNO4/c1-17-11-7(12)5-10(11)18-6-2-3-9(14(15)16)8(13)4-6/h2-4,7,10-11H,5H2,1H3. The van der Waals surface area contributed by atoms with Crippen LogP contribution >= 0.6 is 11.6 Å². The number of rotatable bonds is 4. The van der Waals surface area contributed by atoms with E-state index in [0.29, 0.717) is 6.42 Å². The number of hydrogen-bond donors (Lipinski definition) is 0. The first kappa shape index (κ1) is 13.0. The van der Waals surface area contributed by atoms with E-state index in [0.717, 1.165) is 12.1 Å². The van der Waals surface area contributed by atoms with Gasteiger partial charge in [-0.3, -0.25) is 10.1 Å². The van der Waals surface area contributed by atoms with Gasteiger partial charge >= 0.3 is 5.69 Å². The third kappa shape index (κ3) is 2.39. The molecule has 0 bridgehead atoms. The Kier molecular flexibility index (Phi) is 3.68. The molecule has 18 heavy (non-hydrogen) atoms. The van der Waals surface area contributed by atoms with Crippen molar-refractivity contribution in [2.24, 2.45) is 0 Å². The van der Waals surface area contributed by atoms with Crippen LogP contribution in [0.1, 0.15) is 6.42 Å². The van der Waals surface area contributed by atoms with E-state index in [1.54, 1.807) is 0 Å². The summed E-state index contributed by atoms with van der Waals surface area (Å²) in [7, 11) is 1.52. The monoisotopic (exact) mass is 275 g/mol. The van der Waals surface area contributed by atoms with E-state index in [2.05, 4.69) is 0 Å². The fourth-order valence-electron chi connectivity index (χ4n) is 1.83. The molecule has 98 valence electrons. The van der Waals surface area contributed by atoms with Crippen LogP contribution in [0.2, 0.25) is 0 Å². The molecule has 0 spiro atoms. The number of methoxy groups -OCH3 is 1. The van der Waals surface area contributed by atoms with Crippen molar-refractivity contribution in [3.05, 3.63) is 34.1 Å². The highest BCUT2D eigenvalue weighted by Gasteiger charge is 2.42. The first-order chi connectivity index (χ1) is 8.52. The smallest absolute Gasteiger partial charge is 0.305 e. The fraction of sp³-hybridized carbons (Fsp3) is 0.455. The summed E-state index contributed by atoms with van der Waals surface area (Å²) < 4.78 is 23.9. The summed E-state index contributed by atoms with van der Waals surface area (Å²) in [5, 5.41) is 10.3. The Morgan fingerprint density at radius 1 is 1.56 bits per heavy atom. The maximum absolute atomic E-state index is 13.3. The van der Waals surface area contributed by atoms with Crippen LogP contribution in [0.5, 0.6) is 5.75 Å². The first-order valence-electron chi connectivity index (χ1n) is 5.30. The van der Waals surface area contributed by atoms with Gasteiger partial charge in [0.1, 0.15) is 18.0 Å². The Hall–Kier alpha value is -1.40. The number of nitro benzene ring substituents is 1. The van der Waals surface area contributed by atoms with Crippen LogP contribution in [0.4, 0.5) is 10.1 Å². The maximum Gasteiger partial charge on any atom is 0.305 e. The lowest BCUT2D eigenvalue weighted by molar-refractivity contribution is -0.387. The molecule has 3 unspecified atom stereocenters. The molecule has 3 atom stereocenters. The van der Waals surface area contributed by atoms with Gasteiger partial charge < -0.3 is 9.47 Å². The van der Waals surface area contributed by atoms with Crippen LogP contribution in [-0.4, -0.2) is 29.6 Å². The van der Waals surface area contributed by atoms with Gasteiger partial charge in [-0.15, -0.1) is 11.6 Å². The number of halogens is 2. The number of nitro groups is 1. The summed E-state index contributed by atoms with van der Waals surface area (Å²) in [4.78, 5) is 9.67. The van der Waals surface area contributed by atoms with E-state index in [9.17, 15) is 14.5 Å². The van der Waals surface area contributed by atoms with Gasteiger partial charge in [0.05, 0.1) is 10.3 Å². The minimum atomic E-state index is -0.923. The van der Waals surface area contributed by atoms with Crippen molar-refractivity contribution in [3.63, 3.8) is 0 Å². The second-order valence-electron chi connectivity index (χ2n) is 3.98. The number of ether oxygens (including phenoxy) is 2. The Bertz CT molecular complexity index is 470. The lowest BCUT2D eigenvalue weighted by Gasteiger charge is -2.39. The molecule has 1 saturated carbocycles. The topological polar surface area (TPSA) is 61.6 Å². The lowest BCUT2D eigenvalue weighted by Crippen LogP contribution is -2.52.